The van der Waals surface area contributed by atoms with E-state index < -0.39 is 12.0 Å². The van der Waals surface area contributed by atoms with Crippen molar-refractivity contribution in [2.24, 2.45) is 0 Å². The molecular weight excluding hydrogens is 289 g/mol. The van der Waals surface area contributed by atoms with Crippen LogP contribution in [0.5, 0.6) is 0 Å². The predicted octanol–water partition coefficient (Wildman–Crippen LogP) is 1.66. The number of allylic oxidation sites excluding steroid dienone is 1. The third kappa shape index (κ3) is 2.32. The van der Waals surface area contributed by atoms with Gasteiger partial charge in [-0.15, -0.1) is 0 Å². The van der Waals surface area contributed by atoms with Crippen molar-refractivity contribution >= 4 is 11.9 Å². The number of nitrogens with one attached hydrogen (secondary N) is 1. The molecule has 3 rings (SSSR count). The van der Waals surface area contributed by atoms with Gasteiger partial charge in [-0.05, 0) is 42.0 Å². The van der Waals surface area contributed by atoms with E-state index in [4.69, 9.17) is 4.74 Å². The van der Waals surface area contributed by atoms with Crippen LogP contribution in [0.2, 0.25) is 0 Å². The lowest BCUT2D eigenvalue weighted by Crippen LogP contribution is -2.29. The van der Waals surface area contributed by atoms with E-state index >= 15 is 0 Å². The Morgan fingerprint density at radius 2 is 2.14 bits per heavy atom. The van der Waals surface area contributed by atoms with Crippen LogP contribution in [0.3, 0.4) is 0 Å². The van der Waals surface area contributed by atoms with E-state index in [-0.39, 0.29) is 12.4 Å². The number of nitrogens with zero attached hydrogens (tertiary/aromatic N) is 4. The number of fused-ring (bicyclic) bond motifs is 1. The highest BCUT2D eigenvalue weighted by atomic mass is 19.1. The number of tetrazole rings is 1. The molecule has 0 unspecified atom stereocenters. The van der Waals surface area contributed by atoms with Crippen LogP contribution in [0.1, 0.15) is 25.5 Å². The summed E-state index contributed by atoms with van der Waals surface area (Å²) in [5.41, 5.74) is 1.70. The van der Waals surface area contributed by atoms with Crippen LogP contribution in [0, 0.1) is 5.82 Å². The van der Waals surface area contributed by atoms with Crippen molar-refractivity contribution in [3.63, 3.8) is 0 Å². The SMILES string of the molecule is CCOC(=O)C1=C(C)Nc2nnnn2[C@H]1c1ccc(F)cc1. The van der Waals surface area contributed by atoms with Gasteiger partial charge < -0.3 is 10.1 Å². The maximum absolute atomic E-state index is 13.2. The number of ether oxygens (including phenoxy) is 1. The average molecular weight is 303 g/mol. The molecule has 2 heterocycles. The van der Waals surface area contributed by atoms with Gasteiger partial charge in [-0.2, -0.15) is 4.68 Å². The second kappa shape index (κ2) is 5.55. The summed E-state index contributed by atoms with van der Waals surface area (Å²) < 4.78 is 19.8. The summed E-state index contributed by atoms with van der Waals surface area (Å²) in [6.07, 6.45) is 0. The quantitative estimate of drug-likeness (QED) is 0.869. The number of carbonyl (C=O) groups is 1. The Kier molecular flexibility index (Phi) is 3.58. The van der Waals surface area contributed by atoms with E-state index in [0.29, 0.717) is 22.8 Å². The van der Waals surface area contributed by atoms with E-state index in [2.05, 4.69) is 20.8 Å². The second-order valence-electron chi connectivity index (χ2n) is 4.79. The maximum atomic E-state index is 13.2. The molecule has 1 N–H and O–H groups in total. The van der Waals surface area contributed by atoms with E-state index in [9.17, 15) is 9.18 Å². The van der Waals surface area contributed by atoms with E-state index in [1.165, 1.54) is 16.8 Å². The Balaban J connectivity index is 2.13. The fourth-order valence-electron chi connectivity index (χ4n) is 2.44. The van der Waals surface area contributed by atoms with Crippen molar-refractivity contribution in [2.75, 3.05) is 11.9 Å². The van der Waals surface area contributed by atoms with Gasteiger partial charge in [0, 0.05) is 5.70 Å². The highest BCUT2D eigenvalue weighted by Gasteiger charge is 2.34. The van der Waals surface area contributed by atoms with Crippen molar-refractivity contribution in [1.82, 2.24) is 20.2 Å². The van der Waals surface area contributed by atoms with Crippen molar-refractivity contribution in [3.05, 3.63) is 46.9 Å². The number of carbonyl (C=O) groups excluding carboxylic acids is 1. The molecule has 2 aromatic rings. The van der Waals surface area contributed by atoms with Crippen molar-refractivity contribution < 1.29 is 13.9 Å². The van der Waals surface area contributed by atoms with Gasteiger partial charge in [-0.25, -0.2) is 9.18 Å². The number of hydrogen-bond acceptors (Lipinski definition) is 6. The van der Waals surface area contributed by atoms with Gasteiger partial charge in [0.05, 0.1) is 12.2 Å². The van der Waals surface area contributed by atoms with Crippen molar-refractivity contribution in [3.8, 4) is 0 Å². The molecule has 0 radical (unpaired) electrons. The number of rotatable bonds is 3. The summed E-state index contributed by atoms with van der Waals surface area (Å²) in [6.45, 7) is 3.74. The van der Waals surface area contributed by atoms with Gasteiger partial charge in [-0.1, -0.05) is 17.2 Å². The van der Waals surface area contributed by atoms with Gasteiger partial charge in [0.25, 0.3) is 0 Å². The molecule has 0 saturated carbocycles. The zero-order valence-electron chi connectivity index (χ0n) is 12.1. The monoisotopic (exact) mass is 303 g/mol. The molecule has 7 nitrogen and oxygen atoms in total. The van der Waals surface area contributed by atoms with Gasteiger partial charge in [0.1, 0.15) is 11.9 Å². The molecule has 0 saturated heterocycles. The summed E-state index contributed by atoms with van der Waals surface area (Å²) in [7, 11) is 0. The first-order valence-corrected chi connectivity index (χ1v) is 6.80. The summed E-state index contributed by atoms with van der Waals surface area (Å²) >= 11 is 0. The molecule has 1 aliphatic rings. The topological polar surface area (TPSA) is 81.9 Å². The molecule has 1 aromatic heterocycles. The number of aromatic nitrogens is 4. The zero-order valence-corrected chi connectivity index (χ0v) is 12.1. The summed E-state index contributed by atoms with van der Waals surface area (Å²) in [5.74, 6) is -0.393. The Bertz CT molecular complexity index is 738. The van der Waals surface area contributed by atoms with Crippen LogP contribution < -0.4 is 5.32 Å². The largest absolute Gasteiger partial charge is 0.463 e. The number of anilines is 1. The third-order valence-electron chi connectivity index (χ3n) is 3.40. The van der Waals surface area contributed by atoms with Crippen LogP contribution in [0.4, 0.5) is 10.3 Å². The van der Waals surface area contributed by atoms with Crippen molar-refractivity contribution in [2.45, 2.75) is 19.9 Å². The lowest BCUT2D eigenvalue weighted by atomic mass is 9.96. The molecule has 1 atom stereocenters. The Morgan fingerprint density at radius 1 is 1.41 bits per heavy atom. The second-order valence-corrected chi connectivity index (χ2v) is 4.79. The van der Waals surface area contributed by atoms with Crippen LogP contribution >= 0.6 is 0 Å². The molecular formula is C14H14FN5O2. The molecule has 1 aliphatic heterocycles. The first-order valence-electron chi connectivity index (χ1n) is 6.80. The number of hydrogen-bond donors (Lipinski definition) is 1. The molecule has 0 aliphatic carbocycles. The van der Waals surface area contributed by atoms with Crippen LogP contribution in [-0.2, 0) is 9.53 Å². The van der Waals surface area contributed by atoms with E-state index in [1.807, 2.05) is 0 Å². The fourth-order valence-corrected chi connectivity index (χ4v) is 2.44. The lowest BCUT2D eigenvalue weighted by molar-refractivity contribution is -0.139. The fraction of sp³-hybridized carbons (Fsp3) is 0.286. The molecule has 0 spiro atoms. The molecule has 22 heavy (non-hydrogen) atoms. The normalized spacial score (nSPS) is 17.0. The third-order valence-corrected chi connectivity index (χ3v) is 3.40. The van der Waals surface area contributed by atoms with Crippen molar-refractivity contribution in [1.29, 1.82) is 0 Å². The molecule has 1 aromatic carbocycles. The Morgan fingerprint density at radius 3 is 2.82 bits per heavy atom. The molecule has 114 valence electrons. The van der Waals surface area contributed by atoms with E-state index in [1.54, 1.807) is 26.0 Å². The highest BCUT2D eigenvalue weighted by Crippen LogP contribution is 2.34. The van der Waals surface area contributed by atoms with Crippen LogP contribution in [-0.4, -0.2) is 32.8 Å². The number of halogens is 1. The smallest absolute Gasteiger partial charge is 0.338 e. The van der Waals surface area contributed by atoms with Gasteiger partial charge in [0.15, 0.2) is 0 Å². The van der Waals surface area contributed by atoms with Crippen LogP contribution in [0.15, 0.2) is 35.5 Å². The molecule has 0 fully saturated rings. The zero-order chi connectivity index (χ0) is 15.7. The number of benzene rings is 1. The Hall–Kier alpha value is -2.77. The minimum Gasteiger partial charge on any atom is -0.463 e. The molecule has 0 amide bonds. The minimum atomic E-state index is -0.564. The van der Waals surface area contributed by atoms with Gasteiger partial charge in [-0.3, -0.25) is 0 Å². The first-order chi connectivity index (χ1) is 10.6. The first kappa shape index (κ1) is 14.2. The maximum Gasteiger partial charge on any atom is 0.338 e. The minimum absolute atomic E-state index is 0.258. The van der Waals surface area contributed by atoms with Gasteiger partial charge in [0.2, 0.25) is 5.95 Å². The molecule has 8 heteroatoms. The lowest BCUT2D eigenvalue weighted by Gasteiger charge is -2.27. The summed E-state index contributed by atoms with van der Waals surface area (Å²) in [5, 5.41) is 14.4. The Labute approximate surface area is 125 Å². The summed E-state index contributed by atoms with van der Waals surface area (Å²) in [4.78, 5) is 12.3. The summed E-state index contributed by atoms with van der Waals surface area (Å²) in [6, 6.07) is 5.30. The number of esters is 1. The van der Waals surface area contributed by atoms with Gasteiger partial charge >= 0.3 is 5.97 Å². The predicted molar refractivity (Wildman–Crippen MR) is 75.3 cm³/mol. The highest BCUT2D eigenvalue weighted by molar-refractivity contribution is 5.92. The molecule has 0 bridgehead atoms. The standard InChI is InChI=1S/C14H14FN5O2/c1-3-22-13(21)11-8(2)16-14-17-18-19-20(14)12(11)9-4-6-10(15)7-5-9/h4-7,12H,3H2,1-2H3,(H,16,17,19)/t12-/m0/s1. The van der Waals surface area contributed by atoms with Crippen LogP contribution in [0.25, 0.3) is 0 Å². The average Bonchev–Trinajstić information content (AvgIpc) is 2.94. The van der Waals surface area contributed by atoms with E-state index in [0.717, 1.165) is 0 Å².